The number of sulfone groups is 1. The Bertz CT molecular complexity index is 456. The molecule has 1 saturated carbocycles. The Kier molecular flexibility index (Phi) is 6.68. The standard InChI is InChI=1S/C16H30N2O3S/c1-2-18(15-10-12-22(20,21)13-15)11-9-16(19)17-14-7-5-3-4-6-8-14/h14-15H,2-13H2,1H3,(H,17,19). The van der Waals surface area contributed by atoms with Gasteiger partial charge in [0.05, 0.1) is 11.5 Å². The zero-order valence-electron chi connectivity index (χ0n) is 13.7. The number of nitrogens with zero attached hydrogens (tertiary/aromatic N) is 1. The molecule has 1 amide bonds. The van der Waals surface area contributed by atoms with Crippen molar-refractivity contribution in [3.05, 3.63) is 0 Å². The first-order valence-corrected chi connectivity index (χ1v) is 10.6. The van der Waals surface area contributed by atoms with Gasteiger partial charge in [-0.05, 0) is 25.8 Å². The minimum Gasteiger partial charge on any atom is -0.353 e. The van der Waals surface area contributed by atoms with E-state index in [1.54, 1.807) is 0 Å². The fourth-order valence-corrected chi connectivity index (χ4v) is 5.39. The van der Waals surface area contributed by atoms with Crippen molar-refractivity contribution in [2.24, 2.45) is 0 Å². The highest BCUT2D eigenvalue weighted by Crippen LogP contribution is 2.19. The minimum absolute atomic E-state index is 0.0979. The molecule has 1 heterocycles. The van der Waals surface area contributed by atoms with E-state index in [1.165, 1.54) is 25.7 Å². The molecular weight excluding hydrogens is 300 g/mol. The molecule has 22 heavy (non-hydrogen) atoms. The highest BCUT2D eigenvalue weighted by Gasteiger charge is 2.31. The molecule has 0 spiro atoms. The molecule has 1 aliphatic heterocycles. The van der Waals surface area contributed by atoms with Crippen LogP contribution < -0.4 is 5.32 Å². The summed E-state index contributed by atoms with van der Waals surface area (Å²) in [4.78, 5) is 14.3. The smallest absolute Gasteiger partial charge is 0.221 e. The predicted octanol–water partition coefficient (Wildman–Crippen LogP) is 1.72. The van der Waals surface area contributed by atoms with Crippen molar-refractivity contribution in [1.82, 2.24) is 10.2 Å². The lowest BCUT2D eigenvalue weighted by Crippen LogP contribution is -2.40. The fraction of sp³-hybridized carbons (Fsp3) is 0.938. The molecule has 6 heteroatoms. The Morgan fingerprint density at radius 1 is 1.14 bits per heavy atom. The van der Waals surface area contributed by atoms with E-state index in [4.69, 9.17) is 0 Å². The van der Waals surface area contributed by atoms with Crippen LogP contribution in [0.3, 0.4) is 0 Å². The van der Waals surface area contributed by atoms with E-state index in [0.717, 1.165) is 19.4 Å². The predicted molar refractivity (Wildman–Crippen MR) is 88.6 cm³/mol. The van der Waals surface area contributed by atoms with Crippen LogP contribution in [0.2, 0.25) is 0 Å². The third-order valence-corrected chi connectivity index (χ3v) is 6.73. The van der Waals surface area contributed by atoms with Crippen LogP contribution in [0.25, 0.3) is 0 Å². The average molecular weight is 330 g/mol. The molecule has 0 radical (unpaired) electrons. The average Bonchev–Trinajstić information content (AvgIpc) is 2.67. The van der Waals surface area contributed by atoms with E-state index in [0.29, 0.717) is 31.2 Å². The van der Waals surface area contributed by atoms with Gasteiger partial charge in [0, 0.05) is 25.0 Å². The first kappa shape index (κ1) is 17.7. The molecule has 0 aromatic carbocycles. The first-order valence-electron chi connectivity index (χ1n) is 8.74. The van der Waals surface area contributed by atoms with Gasteiger partial charge in [-0.2, -0.15) is 0 Å². The second-order valence-corrected chi connectivity index (χ2v) is 8.92. The van der Waals surface area contributed by atoms with Gasteiger partial charge in [0.1, 0.15) is 0 Å². The van der Waals surface area contributed by atoms with Crippen LogP contribution >= 0.6 is 0 Å². The second kappa shape index (κ2) is 8.29. The van der Waals surface area contributed by atoms with Crippen molar-refractivity contribution < 1.29 is 13.2 Å². The van der Waals surface area contributed by atoms with E-state index in [9.17, 15) is 13.2 Å². The largest absolute Gasteiger partial charge is 0.353 e. The van der Waals surface area contributed by atoms with Crippen LogP contribution in [0.1, 0.15) is 58.3 Å². The molecule has 128 valence electrons. The zero-order valence-corrected chi connectivity index (χ0v) is 14.5. The summed E-state index contributed by atoms with van der Waals surface area (Å²) >= 11 is 0. The normalized spacial score (nSPS) is 26.0. The van der Waals surface area contributed by atoms with Crippen LogP contribution in [0.4, 0.5) is 0 Å². The van der Waals surface area contributed by atoms with Gasteiger partial charge in [-0.1, -0.05) is 32.6 Å². The van der Waals surface area contributed by atoms with Crippen LogP contribution in [0.5, 0.6) is 0 Å². The molecule has 1 saturated heterocycles. The quantitative estimate of drug-likeness (QED) is 0.753. The third kappa shape index (κ3) is 5.54. The summed E-state index contributed by atoms with van der Waals surface area (Å²) < 4.78 is 23.2. The third-order valence-electron chi connectivity index (χ3n) is 4.98. The number of hydrogen-bond donors (Lipinski definition) is 1. The molecule has 1 unspecified atom stereocenters. The van der Waals surface area contributed by atoms with E-state index >= 15 is 0 Å². The van der Waals surface area contributed by atoms with Gasteiger partial charge in [0.2, 0.25) is 5.91 Å². The van der Waals surface area contributed by atoms with Crippen LogP contribution in [0, 0.1) is 0 Å². The Balaban J connectivity index is 1.74. The lowest BCUT2D eigenvalue weighted by Gasteiger charge is -2.26. The summed E-state index contributed by atoms with van der Waals surface area (Å²) in [6.07, 6.45) is 8.38. The van der Waals surface area contributed by atoms with E-state index in [1.807, 2.05) is 6.92 Å². The Morgan fingerprint density at radius 2 is 1.82 bits per heavy atom. The number of hydrogen-bond acceptors (Lipinski definition) is 4. The van der Waals surface area contributed by atoms with E-state index < -0.39 is 9.84 Å². The van der Waals surface area contributed by atoms with Gasteiger partial charge in [-0.25, -0.2) is 8.42 Å². The topological polar surface area (TPSA) is 66.5 Å². The molecule has 1 N–H and O–H groups in total. The molecule has 1 atom stereocenters. The van der Waals surface area contributed by atoms with Crippen molar-refractivity contribution in [2.45, 2.75) is 70.4 Å². The summed E-state index contributed by atoms with van der Waals surface area (Å²) in [6, 6.07) is 0.442. The Hall–Kier alpha value is -0.620. The summed E-state index contributed by atoms with van der Waals surface area (Å²) in [7, 11) is -2.86. The highest BCUT2D eigenvalue weighted by molar-refractivity contribution is 7.91. The summed E-state index contributed by atoms with van der Waals surface area (Å²) in [5.74, 6) is 0.666. The molecular formula is C16H30N2O3S. The first-order chi connectivity index (χ1) is 10.5. The number of carbonyl (C=O) groups is 1. The maximum absolute atomic E-state index is 12.1. The van der Waals surface area contributed by atoms with Crippen molar-refractivity contribution in [2.75, 3.05) is 24.6 Å². The van der Waals surface area contributed by atoms with Crippen molar-refractivity contribution >= 4 is 15.7 Å². The SMILES string of the molecule is CCN(CCC(=O)NC1CCCCCC1)C1CCS(=O)(=O)C1. The van der Waals surface area contributed by atoms with Gasteiger partial charge in [0.15, 0.2) is 9.84 Å². The van der Waals surface area contributed by atoms with E-state index in [2.05, 4.69) is 10.2 Å². The van der Waals surface area contributed by atoms with Crippen LogP contribution in [-0.4, -0.2) is 55.9 Å². The van der Waals surface area contributed by atoms with Crippen LogP contribution in [-0.2, 0) is 14.6 Å². The maximum Gasteiger partial charge on any atom is 0.221 e. The maximum atomic E-state index is 12.1. The lowest BCUT2D eigenvalue weighted by molar-refractivity contribution is -0.122. The van der Waals surface area contributed by atoms with Crippen molar-refractivity contribution in [1.29, 1.82) is 0 Å². The van der Waals surface area contributed by atoms with Crippen molar-refractivity contribution in [3.63, 3.8) is 0 Å². The molecule has 0 aromatic rings. The Morgan fingerprint density at radius 3 is 2.36 bits per heavy atom. The molecule has 0 aromatic heterocycles. The second-order valence-electron chi connectivity index (χ2n) is 6.69. The summed E-state index contributed by atoms with van der Waals surface area (Å²) in [5, 5.41) is 3.16. The number of nitrogens with one attached hydrogen (secondary N) is 1. The van der Waals surface area contributed by atoms with Gasteiger partial charge in [0.25, 0.3) is 0 Å². The highest BCUT2D eigenvalue weighted by atomic mass is 32.2. The summed E-state index contributed by atoms with van der Waals surface area (Å²) in [6.45, 7) is 3.50. The number of rotatable bonds is 6. The molecule has 1 aliphatic carbocycles. The zero-order chi connectivity index (χ0) is 16.0. The summed E-state index contributed by atoms with van der Waals surface area (Å²) in [5.41, 5.74) is 0. The lowest BCUT2D eigenvalue weighted by atomic mass is 10.1. The number of amides is 1. The van der Waals surface area contributed by atoms with Gasteiger partial charge in [-0.3, -0.25) is 9.69 Å². The van der Waals surface area contributed by atoms with Gasteiger partial charge < -0.3 is 5.32 Å². The minimum atomic E-state index is -2.86. The van der Waals surface area contributed by atoms with Gasteiger partial charge >= 0.3 is 0 Å². The monoisotopic (exact) mass is 330 g/mol. The molecule has 2 rings (SSSR count). The molecule has 0 bridgehead atoms. The van der Waals surface area contributed by atoms with E-state index in [-0.39, 0.29) is 17.7 Å². The molecule has 5 nitrogen and oxygen atoms in total. The Labute approximate surface area is 134 Å². The molecule has 2 fully saturated rings. The molecule has 2 aliphatic rings. The number of carbonyl (C=O) groups excluding carboxylic acids is 1. The fourth-order valence-electron chi connectivity index (χ4n) is 3.63. The van der Waals surface area contributed by atoms with Crippen LogP contribution in [0.15, 0.2) is 0 Å². The van der Waals surface area contributed by atoms with Crippen molar-refractivity contribution in [3.8, 4) is 0 Å². The van der Waals surface area contributed by atoms with Gasteiger partial charge in [-0.15, -0.1) is 0 Å².